The fourth-order valence-corrected chi connectivity index (χ4v) is 2.83. The number of quaternary nitrogens is 1. The zero-order chi connectivity index (χ0) is 17.4. The molecule has 0 aliphatic rings. The summed E-state index contributed by atoms with van der Waals surface area (Å²) in [4.78, 5) is 29.5. The van der Waals surface area contributed by atoms with Crippen LogP contribution in [0.3, 0.4) is 0 Å². The van der Waals surface area contributed by atoms with Gasteiger partial charge in [0, 0.05) is 12.0 Å². The maximum Gasteiger partial charge on any atom is 0.470 e. The van der Waals surface area contributed by atoms with Crippen molar-refractivity contribution in [3.8, 4) is 0 Å². The van der Waals surface area contributed by atoms with Crippen LogP contribution >= 0.6 is 7.82 Å². The van der Waals surface area contributed by atoms with E-state index in [1.807, 2.05) is 20.8 Å². The lowest BCUT2D eigenvalue weighted by Gasteiger charge is -2.38. The number of ether oxygens (including phenoxy) is 1. The molecular weight excluding hydrogens is 309 g/mol. The molecule has 130 valence electrons. The summed E-state index contributed by atoms with van der Waals surface area (Å²) in [7, 11) is -4.59. The number of nitrogens with zero attached hydrogens (tertiary/aromatic N) is 1. The Kier molecular flexibility index (Phi) is 9.12. The van der Waals surface area contributed by atoms with Gasteiger partial charge in [-0.25, -0.2) is 9.36 Å². The lowest BCUT2D eigenvalue weighted by Crippen LogP contribution is -2.52. The Labute approximate surface area is 132 Å². The standard InChI is InChI=1S/C14H28NO6P/c1-6-15(7-2,8-3)11-13(21-22(17,18)19)9-10-20-14(16)12(4)5/h13H,4,6-11H2,1-3,5H3,(H-,17,18,19)/p+1. The van der Waals surface area contributed by atoms with Crippen LogP contribution in [-0.2, 0) is 18.6 Å². The third-order valence-corrected chi connectivity index (χ3v) is 4.48. The summed E-state index contributed by atoms with van der Waals surface area (Å²) >= 11 is 0. The molecule has 0 heterocycles. The highest BCUT2D eigenvalue weighted by Crippen LogP contribution is 2.38. The zero-order valence-electron chi connectivity index (χ0n) is 13.9. The smallest absolute Gasteiger partial charge is 0.462 e. The van der Waals surface area contributed by atoms with Crippen molar-refractivity contribution in [2.24, 2.45) is 0 Å². The van der Waals surface area contributed by atoms with Gasteiger partial charge in [0.15, 0.2) is 0 Å². The molecule has 0 saturated carbocycles. The van der Waals surface area contributed by atoms with Gasteiger partial charge in [0.05, 0.1) is 26.2 Å². The number of rotatable bonds is 11. The Morgan fingerprint density at radius 3 is 2.09 bits per heavy atom. The van der Waals surface area contributed by atoms with E-state index in [1.54, 1.807) is 6.92 Å². The van der Waals surface area contributed by atoms with Gasteiger partial charge < -0.3 is 19.0 Å². The zero-order valence-corrected chi connectivity index (χ0v) is 14.8. The molecule has 1 atom stereocenters. The number of likely N-dealkylation sites (N-methyl/N-ethyl adjacent to an activating group) is 1. The van der Waals surface area contributed by atoms with E-state index in [1.165, 1.54) is 0 Å². The summed E-state index contributed by atoms with van der Waals surface area (Å²) in [5, 5.41) is 0. The molecule has 22 heavy (non-hydrogen) atoms. The van der Waals surface area contributed by atoms with Gasteiger partial charge >= 0.3 is 13.8 Å². The van der Waals surface area contributed by atoms with Crippen molar-refractivity contribution >= 4 is 13.8 Å². The largest absolute Gasteiger partial charge is 0.470 e. The molecule has 8 heteroatoms. The lowest BCUT2D eigenvalue weighted by atomic mass is 10.2. The van der Waals surface area contributed by atoms with Crippen molar-refractivity contribution < 1.29 is 32.9 Å². The van der Waals surface area contributed by atoms with Crippen LogP contribution < -0.4 is 0 Å². The average molecular weight is 338 g/mol. The van der Waals surface area contributed by atoms with E-state index in [4.69, 9.17) is 19.0 Å². The van der Waals surface area contributed by atoms with Crippen LogP contribution in [0.4, 0.5) is 0 Å². The van der Waals surface area contributed by atoms with Gasteiger partial charge in [-0.3, -0.25) is 4.52 Å². The second-order valence-electron chi connectivity index (χ2n) is 5.40. The Morgan fingerprint density at radius 1 is 1.23 bits per heavy atom. The highest BCUT2D eigenvalue weighted by molar-refractivity contribution is 7.46. The molecule has 7 nitrogen and oxygen atoms in total. The molecule has 0 aromatic heterocycles. The van der Waals surface area contributed by atoms with Gasteiger partial charge in [-0.05, 0) is 27.7 Å². The Morgan fingerprint density at radius 2 is 1.73 bits per heavy atom. The van der Waals surface area contributed by atoms with Crippen LogP contribution in [0, 0.1) is 0 Å². The Balaban J connectivity index is 4.79. The van der Waals surface area contributed by atoms with E-state index in [2.05, 4.69) is 6.58 Å². The number of carbonyl (C=O) groups excluding carboxylic acids is 1. The van der Waals surface area contributed by atoms with Gasteiger partial charge in [0.1, 0.15) is 12.6 Å². The molecule has 0 aromatic carbocycles. The van der Waals surface area contributed by atoms with Gasteiger partial charge in [0.2, 0.25) is 0 Å². The number of phosphoric acid groups is 1. The number of phosphoric ester groups is 1. The van der Waals surface area contributed by atoms with E-state index in [0.717, 1.165) is 19.6 Å². The topological polar surface area (TPSA) is 93.1 Å². The van der Waals surface area contributed by atoms with Crippen LogP contribution in [0.15, 0.2) is 12.2 Å². The molecule has 0 amide bonds. The first-order chi connectivity index (χ1) is 10.1. The van der Waals surface area contributed by atoms with Crippen LogP contribution in [0.5, 0.6) is 0 Å². The minimum atomic E-state index is -4.59. The van der Waals surface area contributed by atoms with Crippen molar-refractivity contribution in [1.82, 2.24) is 0 Å². The third-order valence-electron chi connectivity index (χ3n) is 3.91. The highest BCUT2D eigenvalue weighted by Gasteiger charge is 2.31. The molecule has 0 saturated heterocycles. The van der Waals surface area contributed by atoms with Crippen LogP contribution in [0.2, 0.25) is 0 Å². The first-order valence-corrected chi connectivity index (χ1v) is 9.03. The minimum absolute atomic E-state index is 0.0352. The van der Waals surface area contributed by atoms with E-state index in [-0.39, 0.29) is 18.6 Å². The number of esters is 1. The first-order valence-electron chi connectivity index (χ1n) is 7.50. The number of hydrogen-bond acceptors (Lipinski definition) is 4. The minimum Gasteiger partial charge on any atom is -0.462 e. The molecule has 0 rings (SSSR count). The molecule has 0 aromatic rings. The van der Waals surface area contributed by atoms with Gasteiger partial charge in [-0.15, -0.1) is 0 Å². The quantitative estimate of drug-likeness (QED) is 0.258. The molecule has 0 bridgehead atoms. The Bertz CT molecular complexity index is 407. The van der Waals surface area contributed by atoms with Gasteiger partial charge in [0.25, 0.3) is 0 Å². The molecule has 0 spiro atoms. The molecule has 1 unspecified atom stereocenters. The van der Waals surface area contributed by atoms with Crippen LogP contribution in [0.1, 0.15) is 34.1 Å². The first kappa shape index (κ1) is 21.3. The predicted molar refractivity (Wildman–Crippen MR) is 84.1 cm³/mol. The van der Waals surface area contributed by atoms with Gasteiger partial charge in [-0.1, -0.05) is 6.58 Å². The van der Waals surface area contributed by atoms with Crippen molar-refractivity contribution in [2.45, 2.75) is 40.2 Å². The number of hydrogen-bond donors (Lipinski definition) is 2. The summed E-state index contributed by atoms with van der Waals surface area (Å²) in [6.45, 7) is 14.1. The fourth-order valence-electron chi connectivity index (χ4n) is 2.27. The second-order valence-corrected chi connectivity index (χ2v) is 6.59. The van der Waals surface area contributed by atoms with E-state index >= 15 is 0 Å². The summed E-state index contributed by atoms with van der Waals surface area (Å²) in [6, 6.07) is 0. The molecule has 0 fully saturated rings. The summed E-state index contributed by atoms with van der Waals surface area (Å²) < 4.78 is 21.7. The lowest BCUT2D eigenvalue weighted by molar-refractivity contribution is -0.925. The summed E-state index contributed by atoms with van der Waals surface area (Å²) in [6.07, 6.45) is -0.456. The number of carbonyl (C=O) groups is 1. The molecule has 2 N–H and O–H groups in total. The SMILES string of the molecule is C=C(C)C(=O)OCCC(C[N+](CC)(CC)CC)OP(=O)(O)O. The molecular formula is C14H29NO6P+. The maximum atomic E-state index is 11.3. The maximum absolute atomic E-state index is 11.3. The average Bonchev–Trinajstić information content (AvgIpc) is 2.42. The summed E-state index contributed by atoms with van der Waals surface area (Å²) in [5.41, 5.74) is 0.285. The highest BCUT2D eigenvalue weighted by atomic mass is 31.2. The van der Waals surface area contributed by atoms with Gasteiger partial charge in [-0.2, -0.15) is 0 Å². The monoisotopic (exact) mass is 338 g/mol. The van der Waals surface area contributed by atoms with Crippen molar-refractivity contribution in [3.05, 3.63) is 12.2 Å². The van der Waals surface area contributed by atoms with E-state index in [0.29, 0.717) is 11.0 Å². The van der Waals surface area contributed by atoms with E-state index in [9.17, 15) is 9.36 Å². The third kappa shape index (κ3) is 8.06. The van der Waals surface area contributed by atoms with Crippen molar-refractivity contribution in [3.63, 3.8) is 0 Å². The molecule has 0 radical (unpaired) electrons. The molecule has 0 aliphatic heterocycles. The normalized spacial score (nSPS) is 13.7. The Hall–Kier alpha value is -0.720. The van der Waals surface area contributed by atoms with Crippen LogP contribution in [0.25, 0.3) is 0 Å². The molecule has 0 aliphatic carbocycles. The summed E-state index contributed by atoms with van der Waals surface area (Å²) in [5.74, 6) is -0.517. The van der Waals surface area contributed by atoms with Crippen LogP contribution in [-0.4, -0.2) is 59.1 Å². The fraction of sp³-hybridized carbons (Fsp3) is 0.786. The second kappa shape index (κ2) is 9.43. The predicted octanol–water partition coefficient (Wildman–Crippen LogP) is 1.85. The van der Waals surface area contributed by atoms with Crippen molar-refractivity contribution in [1.29, 1.82) is 0 Å². The van der Waals surface area contributed by atoms with E-state index < -0.39 is 19.9 Å². The van der Waals surface area contributed by atoms with Crippen molar-refractivity contribution in [2.75, 3.05) is 32.8 Å².